The zero-order valence-corrected chi connectivity index (χ0v) is 55.1. The highest BCUT2D eigenvalue weighted by atomic mass is 16.8. The van der Waals surface area contributed by atoms with Crippen LogP contribution in [0.25, 0.3) is 0 Å². The Morgan fingerprint density at radius 3 is 1.13 bits per heavy atom. The van der Waals surface area contributed by atoms with Crippen LogP contribution in [0.4, 0.5) is 14.4 Å². The van der Waals surface area contributed by atoms with E-state index in [1.165, 1.54) is 0 Å². The van der Waals surface area contributed by atoms with Crippen molar-refractivity contribution in [3.63, 3.8) is 0 Å². The van der Waals surface area contributed by atoms with Crippen molar-refractivity contribution in [1.29, 1.82) is 0 Å². The fourth-order valence-corrected chi connectivity index (χ4v) is 6.97. The van der Waals surface area contributed by atoms with Crippen LogP contribution in [0.2, 0.25) is 0 Å². The first-order chi connectivity index (χ1) is 43.6. The van der Waals surface area contributed by atoms with Crippen LogP contribution < -0.4 is 10.6 Å². The van der Waals surface area contributed by atoms with Gasteiger partial charge in [0.2, 0.25) is 5.91 Å². The normalized spacial score (nSPS) is 12.0. The standard InChI is InChI=1S/C62H111N3O25/c1-8-20-71-22-24-73-26-28-82-44-45-84-48-49-86-53-57(67)64-55(17-12-13-19-63-58(68)87-52-54-15-10-9-11-16-54)56(66)18-14-21-72-23-25-74-27-29-75-30-31-76-32-33-77-34-35-78-36-37-79-38-39-80-40-41-81-42-43-83-46-47-85-50-51-88-65(59(69)89-61(2,3)4)60(70)90-62(5,6)7/h9-11,15-16,55H,8,12-14,17-53H2,1-7H3,(H,63,68)(H,64,67)/t55-/m0/s1. The molecule has 0 fully saturated rings. The van der Waals surface area contributed by atoms with Crippen LogP contribution in [0.5, 0.6) is 0 Å². The molecular formula is C62H111N3O25. The average molecular weight is 1300 g/mol. The molecule has 1 rings (SSSR count). The monoisotopic (exact) mass is 1300 g/mol. The van der Waals surface area contributed by atoms with Crippen molar-refractivity contribution in [3.8, 4) is 0 Å². The van der Waals surface area contributed by atoms with E-state index in [2.05, 4.69) is 17.6 Å². The minimum Gasteiger partial charge on any atom is -0.445 e. The Balaban J connectivity index is 1.99. The van der Waals surface area contributed by atoms with Crippen molar-refractivity contribution >= 4 is 30.0 Å². The second-order valence-electron chi connectivity index (χ2n) is 21.5. The number of ketones is 1. The molecule has 4 amide bonds. The molecule has 1 aromatic carbocycles. The molecule has 90 heavy (non-hydrogen) atoms. The number of amides is 4. The number of benzene rings is 1. The van der Waals surface area contributed by atoms with Gasteiger partial charge in [0.05, 0.1) is 204 Å². The summed E-state index contributed by atoms with van der Waals surface area (Å²) in [5.74, 6) is -0.522. The van der Waals surface area contributed by atoms with Crippen LogP contribution in [0, 0.1) is 0 Å². The van der Waals surface area contributed by atoms with E-state index >= 15 is 0 Å². The van der Waals surface area contributed by atoms with Gasteiger partial charge in [-0.15, -0.1) is 0 Å². The third-order valence-electron chi connectivity index (χ3n) is 11.2. The van der Waals surface area contributed by atoms with Crippen molar-refractivity contribution in [2.75, 3.05) is 225 Å². The number of rotatable bonds is 63. The maximum atomic E-state index is 13.3. The van der Waals surface area contributed by atoms with E-state index in [-0.39, 0.29) is 58.5 Å². The highest BCUT2D eigenvalue weighted by Gasteiger charge is 2.32. The second-order valence-corrected chi connectivity index (χ2v) is 21.5. The van der Waals surface area contributed by atoms with E-state index in [1.807, 2.05) is 30.3 Å². The fraction of sp³-hybridized carbons (Fsp3) is 0.823. The van der Waals surface area contributed by atoms with Crippen molar-refractivity contribution in [2.24, 2.45) is 0 Å². The lowest BCUT2D eigenvalue weighted by atomic mass is 10.0. The first-order valence-electron chi connectivity index (χ1n) is 31.5. The quantitative estimate of drug-likeness (QED) is 0.0449. The second kappa shape index (κ2) is 59.7. The van der Waals surface area contributed by atoms with Gasteiger partial charge in [0, 0.05) is 26.2 Å². The molecule has 0 spiro atoms. The number of nitrogens with zero attached hydrogens (tertiary/aromatic N) is 1. The number of carbonyl (C=O) groups excluding carboxylic acids is 5. The summed E-state index contributed by atoms with van der Waals surface area (Å²) >= 11 is 0. The first kappa shape index (κ1) is 83.7. The number of alkyl carbamates (subject to hydrolysis) is 1. The predicted molar refractivity (Wildman–Crippen MR) is 328 cm³/mol. The smallest absolute Gasteiger partial charge is 0.444 e. The fourth-order valence-electron chi connectivity index (χ4n) is 6.97. The highest BCUT2D eigenvalue weighted by molar-refractivity contribution is 5.89. The molecule has 0 radical (unpaired) electrons. The number of unbranched alkanes of at least 4 members (excludes halogenated alkanes) is 1. The lowest BCUT2D eigenvalue weighted by molar-refractivity contribution is -0.148. The van der Waals surface area contributed by atoms with E-state index in [9.17, 15) is 24.0 Å². The van der Waals surface area contributed by atoms with Gasteiger partial charge in [-0.2, -0.15) is 0 Å². The van der Waals surface area contributed by atoms with Crippen molar-refractivity contribution in [1.82, 2.24) is 15.7 Å². The number of imide groups is 1. The Labute approximate surface area is 534 Å². The van der Waals surface area contributed by atoms with Gasteiger partial charge >= 0.3 is 18.3 Å². The number of hydroxylamine groups is 2. The molecule has 28 heteroatoms. The van der Waals surface area contributed by atoms with Crippen molar-refractivity contribution in [2.45, 2.75) is 111 Å². The summed E-state index contributed by atoms with van der Waals surface area (Å²) in [6.07, 6.45) is 0.729. The summed E-state index contributed by atoms with van der Waals surface area (Å²) in [5, 5.41) is 6.01. The molecule has 0 aliphatic heterocycles. The number of Topliss-reactive ketones (excluding diaryl/α,β-unsaturated/α-hetero) is 1. The van der Waals surface area contributed by atoms with Gasteiger partial charge in [-0.1, -0.05) is 42.3 Å². The molecule has 0 unspecified atom stereocenters. The van der Waals surface area contributed by atoms with E-state index in [0.29, 0.717) is 209 Å². The summed E-state index contributed by atoms with van der Waals surface area (Å²) in [6, 6.07) is 8.67. The van der Waals surface area contributed by atoms with Gasteiger partial charge in [0.25, 0.3) is 0 Å². The number of hydrogen-bond acceptors (Lipinski definition) is 25. The number of ether oxygens (including phenoxy) is 19. The third kappa shape index (κ3) is 57.6. The molecule has 0 saturated heterocycles. The number of carbonyl (C=O) groups is 5. The minimum atomic E-state index is -0.983. The molecule has 28 nitrogen and oxygen atoms in total. The Morgan fingerprint density at radius 2 is 0.767 bits per heavy atom. The molecule has 0 aromatic heterocycles. The zero-order valence-electron chi connectivity index (χ0n) is 55.1. The van der Waals surface area contributed by atoms with E-state index in [1.54, 1.807) is 41.5 Å². The van der Waals surface area contributed by atoms with Crippen LogP contribution in [0.3, 0.4) is 0 Å². The zero-order chi connectivity index (χ0) is 65.7. The van der Waals surface area contributed by atoms with Crippen LogP contribution in [0.15, 0.2) is 30.3 Å². The number of hydrogen-bond donors (Lipinski definition) is 2. The SMILES string of the molecule is CCCOCCOCCOCCOCCOCC(=O)N[C@@H](CCCCNC(=O)OCc1ccccc1)C(=O)CCCOCCOCCOCCOCCOCCOCCOCCOCCOCCOCCOCCON(C(=O)OC(C)(C)C)C(=O)OC(C)(C)C. The Kier molecular flexibility index (Phi) is 55.5. The molecule has 1 atom stereocenters. The topological polar surface area (TPSA) is 297 Å². The summed E-state index contributed by atoms with van der Waals surface area (Å²) in [4.78, 5) is 68.4. The molecule has 2 N–H and O–H groups in total. The lowest BCUT2D eigenvalue weighted by Gasteiger charge is -2.27. The highest BCUT2D eigenvalue weighted by Crippen LogP contribution is 2.15. The predicted octanol–water partition coefficient (Wildman–Crippen LogP) is 5.70. The molecule has 1 aromatic rings. The largest absolute Gasteiger partial charge is 0.445 e. The average Bonchev–Trinajstić information content (AvgIpc) is 2.67. The lowest BCUT2D eigenvalue weighted by Crippen LogP contribution is -2.44. The Hall–Kier alpha value is -4.31. The summed E-state index contributed by atoms with van der Waals surface area (Å²) in [7, 11) is 0. The van der Waals surface area contributed by atoms with Gasteiger partial charge in [-0.25, -0.2) is 14.4 Å². The van der Waals surface area contributed by atoms with Crippen LogP contribution in [0.1, 0.15) is 92.6 Å². The van der Waals surface area contributed by atoms with Crippen LogP contribution in [-0.4, -0.2) is 277 Å². The summed E-state index contributed by atoms with van der Waals surface area (Å²) in [6.45, 7) is 24.8. The third-order valence-corrected chi connectivity index (χ3v) is 11.2. The molecule has 0 aliphatic carbocycles. The minimum absolute atomic E-state index is 0.0879. The number of nitrogens with one attached hydrogen (secondary N) is 2. The van der Waals surface area contributed by atoms with E-state index in [0.717, 1.165) is 18.6 Å². The molecule has 0 heterocycles. The van der Waals surface area contributed by atoms with Crippen molar-refractivity contribution in [3.05, 3.63) is 35.9 Å². The molecule has 0 aliphatic rings. The summed E-state index contributed by atoms with van der Waals surface area (Å²) in [5.41, 5.74) is -0.782. The van der Waals surface area contributed by atoms with Gasteiger partial charge in [0.1, 0.15) is 24.4 Å². The molecule has 524 valence electrons. The Morgan fingerprint density at radius 1 is 0.422 bits per heavy atom. The van der Waals surface area contributed by atoms with Gasteiger partial charge in [0.15, 0.2) is 5.78 Å². The van der Waals surface area contributed by atoms with Gasteiger partial charge in [-0.3, -0.25) is 14.4 Å². The molecular weight excluding hydrogens is 1190 g/mol. The summed E-state index contributed by atoms with van der Waals surface area (Å²) < 4.78 is 104. The first-order valence-corrected chi connectivity index (χ1v) is 31.5. The van der Waals surface area contributed by atoms with Gasteiger partial charge in [-0.05, 0) is 79.2 Å². The molecule has 0 bridgehead atoms. The van der Waals surface area contributed by atoms with Gasteiger partial charge < -0.3 is 101 Å². The maximum Gasteiger partial charge on any atom is 0.444 e. The maximum absolute atomic E-state index is 13.3. The van der Waals surface area contributed by atoms with Crippen LogP contribution in [-0.2, 0) is 111 Å². The Bertz CT molecular complexity index is 1820. The van der Waals surface area contributed by atoms with Crippen molar-refractivity contribution < 1.29 is 119 Å². The van der Waals surface area contributed by atoms with E-state index < -0.39 is 41.4 Å². The van der Waals surface area contributed by atoms with E-state index in [4.69, 9.17) is 94.8 Å². The molecule has 0 saturated carbocycles. The van der Waals surface area contributed by atoms with Crippen LogP contribution >= 0.6 is 0 Å².